The van der Waals surface area contributed by atoms with Crippen molar-refractivity contribution in [2.24, 2.45) is 5.92 Å². The zero-order valence-electron chi connectivity index (χ0n) is 11.4. The van der Waals surface area contributed by atoms with Crippen molar-refractivity contribution in [3.63, 3.8) is 0 Å². The van der Waals surface area contributed by atoms with Gasteiger partial charge in [-0.1, -0.05) is 30.7 Å². The van der Waals surface area contributed by atoms with Crippen molar-refractivity contribution in [2.45, 2.75) is 27.2 Å². The van der Waals surface area contributed by atoms with E-state index in [4.69, 9.17) is 5.11 Å². The van der Waals surface area contributed by atoms with Crippen molar-refractivity contribution in [1.82, 2.24) is 9.97 Å². The van der Waals surface area contributed by atoms with Gasteiger partial charge in [-0.3, -0.25) is 4.79 Å². The van der Waals surface area contributed by atoms with E-state index in [1.165, 1.54) is 11.1 Å². The summed E-state index contributed by atoms with van der Waals surface area (Å²) in [6, 6.07) is 6.24. The number of hydrogen-bond acceptors (Lipinski definition) is 2. The van der Waals surface area contributed by atoms with Crippen LogP contribution in [0.25, 0.3) is 11.3 Å². The van der Waals surface area contributed by atoms with Gasteiger partial charge >= 0.3 is 5.97 Å². The van der Waals surface area contributed by atoms with Gasteiger partial charge in [0, 0.05) is 12.0 Å². The smallest absolute Gasteiger partial charge is 0.306 e. The van der Waals surface area contributed by atoms with Crippen LogP contribution in [0.15, 0.2) is 24.4 Å². The molecule has 2 aromatic rings. The molecule has 0 aliphatic heterocycles. The second-order valence-corrected chi connectivity index (χ2v) is 5.01. The second kappa shape index (κ2) is 5.26. The van der Waals surface area contributed by atoms with Crippen LogP contribution in [0.5, 0.6) is 0 Å². The van der Waals surface area contributed by atoms with E-state index in [9.17, 15) is 4.79 Å². The number of carbonyl (C=O) groups is 1. The number of benzene rings is 1. The summed E-state index contributed by atoms with van der Waals surface area (Å²) >= 11 is 0. The molecule has 0 radical (unpaired) electrons. The van der Waals surface area contributed by atoms with E-state index >= 15 is 0 Å². The molecular weight excluding hydrogens is 240 g/mol. The van der Waals surface area contributed by atoms with E-state index in [-0.39, 0.29) is 0 Å². The number of nitrogens with one attached hydrogen (secondary N) is 1. The van der Waals surface area contributed by atoms with Crippen LogP contribution >= 0.6 is 0 Å². The Kier molecular flexibility index (Phi) is 3.69. The second-order valence-electron chi connectivity index (χ2n) is 5.01. The molecule has 0 aliphatic carbocycles. The Hall–Kier alpha value is -2.10. The van der Waals surface area contributed by atoms with Gasteiger partial charge in [0.1, 0.15) is 5.82 Å². The number of aromatic nitrogens is 2. The van der Waals surface area contributed by atoms with E-state index in [0.717, 1.165) is 11.3 Å². The Morgan fingerprint density at radius 1 is 1.42 bits per heavy atom. The standard InChI is InChI=1S/C15H18N2O2/c1-9-4-5-12(10(2)6-9)13-8-16-14(17-13)7-11(3)15(18)19/h4-6,8,11H,7H2,1-3H3,(H,16,17)(H,18,19). The Morgan fingerprint density at radius 3 is 2.79 bits per heavy atom. The summed E-state index contributed by atoms with van der Waals surface area (Å²) in [4.78, 5) is 18.3. The Labute approximate surface area is 112 Å². The number of aliphatic carboxylic acids is 1. The fraction of sp³-hybridized carbons (Fsp3) is 0.333. The first-order valence-corrected chi connectivity index (χ1v) is 6.31. The first-order valence-electron chi connectivity index (χ1n) is 6.31. The van der Waals surface area contributed by atoms with E-state index in [1.54, 1.807) is 13.1 Å². The molecule has 1 unspecified atom stereocenters. The third kappa shape index (κ3) is 3.02. The molecule has 0 bridgehead atoms. The minimum Gasteiger partial charge on any atom is -0.481 e. The first kappa shape index (κ1) is 13.3. The molecule has 19 heavy (non-hydrogen) atoms. The van der Waals surface area contributed by atoms with Crippen molar-refractivity contribution in [3.8, 4) is 11.3 Å². The van der Waals surface area contributed by atoms with Crippen LogP contribution in [-0.2, 0) is 11.2 Å². The van der Waals surface area contributed by atoms with Gasteiger partial charge in [-0.05, 0) is 19.4 Å². The lowest BCUT2D eigenvalue weighted by Gasteiger charge is -2.05. The van der Waals surface area contributed by atoms with Crippen molar-refractivity contribution in [1.29, 1.82) is 0 Å². The predicted molar refractivity (Wildman–Crippen MR) is 74.0 cm³/mol. The summed E-state index contributed by atoms with van der Waals surface area (Å²) in [6.45, 7) is 5.80. The van der Waals surface area contributed by atoms with Crippen molar-refractivity contribution in [3.05, 3.63) is 41.3 Å². The fourth-order valence-corrected chi connectivity index (χ4v) is 2.10. The molecule has 2 rings (SSSR count). The SMILES string of the molecule is Cc1ccc(-c2cnc(CC(C)C(=O)O)[nH]2)c(C)c1. The lowest BCUT2D eigenvalue weighted by Crippen LogP contribution is -2.12. The number of hydrogen-bond donors (Lipinski definition) is 2. The maximum absolute atomic E-state index is 10.8. The Bertz CT molecular complexity index is 602. The van der Waals surface area contributed by atoms with Crippen molar-refractivity contribution < 1.29 is 9.90 Å². The average Bonchev–Trinajstić information content (AvgIpc) is 2.77. The van der Waals surface area contributed by atoms with Crippen LogP contribution in [-0.4, -0.2) is 21.0 Å². The molecule has 1 heterocycles. The lowest BCUT2D eigenvalue weighted by atomic mass is 10.0. The maximum Gasteiger partial charge on any atom is 0.306 e. The third-order valence-corrected chi connectivity index (χ3v) is 3.22. The molecule has 4 heteroatoms. The number of imidazole rings is 1. The molecule has 1 aromatic carbocycles. The molecule has 0 saturated carbocycles. The number of aromatic amines is 1. The number of carboxylic acids is 1. The van der Waals surface area contributed by atoms with Crippen LogP contribution in [0, 0.1) is 19.8 Å². The number of nitrogens with zero attached hydrogens (tertiary/aromatic N) is 1. The highest BCUT2D eigenvalue weighted by atomic mass is 16.4. The number of H-pyrrole nitrogens is 1. The van der Waals surface area contributed by atoms with Gasteiger partial charge in [0.25, 0.3) is 0 Å². The van der Waals surface area contributed by atoms with Crippen LogP contribution in [0.1, 0.15) is 23.9 Å². The largest absolute Gasteiger partial charge is 0.481 e. The Morgan fingerprint density at radius 2 is 2.16 bits per heavy atom. The molecule has 2 N–H and O–H groups in total. The van der Waals surface area contributed by atoms with Gasteiger partial charge in [-0.15, -0.1) is 0 Å². The zero-order chi connectivity index (χ0) is 14.0. The van der Waals surface area contributed by atoms with Gasteiger partial charge in [-0.2, -0.15) is 0 Å². The molecule has 4 nitrogen and oxygen atoms in total. The molecule has 0 fully saturated rings. The quantitative estimate of drug-likeness (QED) is 0.886. The van der Waals surface area contributed by atoms with Crippen LogP contribution in [0.2, 0.25) is 0 Å². The summed E-state index contributed by atoms with van der Waals surface area (Å²) < 4.78 is 0. The van der Waals surface area contributed by atoms with Crippen LogP contribution in [0.3, 0.4) is 0 Å². The monoisotopic (exact) mass is 258 g/mol. The highest BCUT2D eigenvalue weighted by molar-refractivity contribution is 5.70. The molecule has 0 saturated heterocycles. The predicted octanol–water partition coefficient (Wildman–Crippen LogP) is 2.96. The minimum atomic E-state index is -0.801. The highest BCUT2D eigenvalue weighted by Crippen LogP contribution is 2.23. The maximum atomic E-state index is 10.8. The van der Waals surface area contributed by atoms with Crippen molar-refractivity contribution >= 4 is 5.97 Å². The van der Waals surface area contributed by atoms with Gasteiger partial charge in [0.2, 0.25) is 0 Å². The Balaban J connectivity index is 2.23. The summed E-state index contributed by atoms with van der Waals surface area (Å²) in [5, 5.41) is 8.90. The minimum absolute atomic E-state index is 0.417. The number of carboxylic acid groups (broad SMARTS) is 1. The first-order chi connectivity index (χ1) is 8.97. The third-order valence-electron chi connectivity index (χ3n) is 3.22. The highest BCUT2D eigenvalue weighted by Gasteiger charge is 2.14. The molecule has 0 spiro atoms. The summed E-state index contributed by atoms with van der Waals surface area (Å²) in [5.74, 6) is -0.521. The van der Waals surface area contributed by atoms with E-state index < -0.39 is 11.9 Å². The van der Waals surface area contributed by atoms with Crippen LogP contribution in [0.4, 0.5) is 0 Å². The summed E-state index contributed by atoms with van der Waals surface area (Å²) in [5.41, 5.74) is 4.44. The topological polar surface area (TPSA) is 66.0 Å². The van der Waals surface area contributed by atoms with E-state index in [1.807, 2.05) is 0 Å². The average molecular weight is 258 g/mol. The molecule has 1 aromatic heterocycles. The number of rotatable bonds is 4. The lowest BCUT2D eigenvalue weighted by molar-refractivity contribution is -0.141. The van der Waals surface area contributed by atoms with Gasteiger partial charge in [0.15, 0.2) is 0 Å². The zero-order valence-corrected chi connectivity index (χ0v) is 11.4. The fourth-order valence-electron chi connectivity index (χ4n) is 2.10. The molecule has 0 amide bonds. The summed E-state index contributed by atoms with van der Waals surface area (Å²) in [6.07, 6.45) is 2.18. The van der Waals surface area contributed by atoms with Gasteiger partial charge < -0.3 is 10.1 Å². The molecular formula is C15H18N2O2. The number of aryl methyl sites for hydroxylation is 2. The van der Waals surface area contributed by atoms with E-state index in [2.05, 4.69) is 42.0 Å². The molecule has 100 valence electrons. The molecule has 0 aliphatic rings. The van der Waals surface area contributed by atoms with Crippen LogP contribution < -0.4 is 0 Å². The normalized spacial score (nSPS) is 12.4. The van der Waals surface area contributed by atoms with Crippen molar-refractivity contribution in [2.75, 3.05) is 0 Å². The van der Waals surface area contributed by atoms with E-state index in [0.29, 0.717) is 12.2 Å². The van der Waals surface area contributed by atoms with Gasteiger partial charge in [-0.25, -0.2) is 4.98 Å². The van der Waals surface area contributed by atoms with Gasteiger partial charge in [0.05, 0.1) is 17.8 Å². The molecule has 1 atom stereocenters. The summed E-state index contributed by atoms with van der Waals surface area (Å²) in [7, 11) is 0.